The van der Waals surface area contributed by atoms with Gasteiger partial charge in [-0.15, -0.1) is 0 Å². The number of hydrogen-bond donors (Lipinski definition) is 0. The molecule has 3 nitrogen and oxygen atoms in total. The van der Waals surface area contributed by atoms with Gasteiger partial charge in [0.05, 0.1) is 0 Å². The van der Waals surface area contributed by atoms with Gasteiger partial charge in [-0.3, -0.25) is 0 Å². The summed E-state index contributed by atoms with van der Waals surface area (Å²) in [5.74, 6) is 1.76. The van der Waals surface area contributed by atoms with Crippen LogP contribution in [0, 0.1) is 0 Å². The molecule has 0 bridgehead atoms. The number of rotatable bonds is 16. The second-order valence-corrected chi connectivity index (χ2v) is 24.6. The van der Waals surface area contributed by atoms with E-state index in [0.717, 1.165) is 29.6 Å². The molecule has 1 heterocycles. The molecule has 1 aliphatic heterocycles. The number of halogens is 1. The fourth-order valence-electron chi connectivity index (χ4n) is 6.16. The van der Waals surface area contributed by atoms with Gasteiger partial charge in [-0.25, -0.2) is 0 Å². The van der Waals surface area contributed by atoms with Gasteiger partial charge in [-0.05, 0) is 0 Å². The Morgan fingerprint density at radius 3 is 2.11 bits per heavy atom. The van der Waals surface area contributed by atoms with Gasteiger partial charge in [-0.1, -0.05) is 0 Å². The Labute approximate surface area is 241 Å². The van der Waals surface area contributed by atoms with E-state index in [1.54, 1.807) is 17.8 Å². The van der Waals surface area contributed by atoms with Crippen molar-refractivity contribution >= 4 is 33.6 Å². The quantitative estimate of drug-likeness (QED) is 0.170. The Kier molecular flexibility index (Phi) is 13.4. The van der Waals surface area contributed by atoms with Crippen LogP contribution in [0.3, 0.4) is 0 Å². The molecule has 3 rings (SSSR count). The van der Waals surface area contributed by atoms with E-state index in [2.05, 4.69) is 68.1 Å². The summed E-state index contributed by atoms with van der Waals surface area (Å²) in [5.41, 5.74) is 2.68. The first kappa shape index (κ1) is 31.4. The molecule has 210 valence electrons. The molecule has 1 fully saturated rings. The minimum atomic E-state index is -2.70. The number of methoxy groups -OCH3 is 2. The molecular weight excluding hydrogens is 597 g/mol. The molecule has 0 unspecified atom stereocenters. The first-order valence-electron chi connectivity index (χ1n) is 14.9. The van der Waals surface area contributed by atoms with E-state index in [1.165, 1.54) is 75.8 Å². The minimum absolute atomic E-state index is 0.466. The zero-order chi connectivity index (χ0) is 27.4. The maximum atomic E-state index is 6.38. The number of benzene rings is 2. The number of likely N-dealkylation sites (tertiary alicyclic amines) is 1. The van der Waals surface area contributed by atoms with Gasteiger partial charge in [0.15, 0.2) is 0 Å². The first-order chi connectivity index (χ1) is 18.5. The normalized spacial score (nSPS) is 16.7. The second kappa shape index (κ2) is 16.2. The van der Waals surface area contributed by atoms with Gasteiger partial charge in [0, 0.05) is 0 Å². The van der Waals surface area contributed by atoms with Crippen molar-refractivity contribution in [2.45, 2.75) is 98.0 Å². The van der Waals surface area contributed by atoms with Crippen molar-refractivity contribution in [2.75, 3.05) is 20.8 Å². The van der Waals surface area contributed by atoms with E-state index in [1.807, 2.05) is 6.07 Å². The van der Waals surface area contributed by atoms with Crippen molar-refractivity contribution in [3.05, 3.63) is 64.7 Å². The van der Waals surface area contributed by atoms with E-state index in [0.29, 0.717) is 6.04 Å². The Bertz CT molecular complexity index is 985. The summed E-state index contributed by atoms with van der Waals surface area (Å²) < 4.78 is 17.4. The topological polar surface area (TPSA) is 21.7 Å². The molecule has 0 aliphatic carbocycles. The van der Waals surface area contributed by atoms with Gasteiger partial charge < -0.3 is 0 Å². The molecule has 38 heavy (non-hydrogen) atoms. The van der Waals surface area contributed by atoms with Gasteiger partial charge in [-0.2, -0.15) is 0 Å². The van der Waals surface area contributed by atoms with Crippen molar-refractivity contribution in [3.8, 4) is 11.5 Å². The molecule has 0 radical (unpaired) electrons. The average molecular weight is 647 g/mol. The number of unbranched alkanes of at least 4 members (excludes halogenated alkanes) is 3. The Hall–Kier alpha value is -1.17. The fourth-order valence-corrected chi connectivity index (χ4v) is 23.3. The summed E-state index contributed by atoms with van der Waals surface area (Å²) in [7, 11) is 3.47. The molecular formula is C33H50ClNO2Sn. The van der Waals surface area contributed by atoms with E-state index < -0.39 is 18.4 Å². The van der Waals surface area contributed by atoms with Crippen molar-refractivity contribution in [3.63, 3.8) is 0 Å². The van der Waals surface area contributed by atoms with E-state index in [9.17, 15) is 0 Å². The third-order valence-electron chi connectivity index (χ3n) is 8.39. The summed E-state index contributed by atoms with van der Waals surface area (Å²) in [5, 5.41) is 0.832. The molecule has 2 aromatic rings. The van der Waals surface area contributed by atoms with Crippen LogP contribution in [-0.2, 0) is 6.54 Å². The van der Waals surface area contributed by atoms with Crippen molar-refractivity contribution in [1.29, 1.82) is 0 Å². The third-order valence-corrected chi connectivity index (χ3v) is 24.4. The standard InChI is InChI=1S/C21H23ClNO2.3C4H9.Sn/c1-24-20-12-8-17(21(14-20)25-2)15-23-13-3-4-19(23)11-7-16-5-9-18(22)10-6-16;3*1-3-4-2;/h5-6,8-12,14,19H,3-4,13,15H2,1-2H3;3*1,3-4H2,2H3;/t19-;;;;/m1..../s1. The average Bonchev–Trinajstić information content (AvgIpc) is 3.39. The number of ether oxygens (including phenoxy) is 2. The Morgan fingerprint density at radius 1 is 0.921 bits per heavy atom. The van der Waals surface area contributed by atoms with Crippen LogP contribution >= 0.6 is 11.6 Å². The number of nitrogens with zero attached hydrogens (tertiary/aromatic N) is 1. The van der Waals surface area contributed by atoms with E-state index in [4.69, 9.17) is 21.1 Å². The van der Waals surface area contributed by atoms with Crippen molar-refractivity contribution in [1.82, 2.24) is 4.90 Å². The SMILES string of the molecule is CCC[CH2][Sn]([CH2]CCC)([CH2]CCC)/[C](=C/[C@H]1CCCN1Cc1ccc(OC)cc1OC)c1ccc(Cl)cc1. The second-order valence-electron chi connectivity index (χ2n) is 11.0. The summed E-state index contributed by atoms with van der Waals surface area (Å²) >= 11 is 3.68. The van der Waals surface area contributed by atoms with Crippen molar-refractivity contribution < 1.29 is 9.47 Å². The van der Waals surface area contributed by atoms with E-state index in [-0.39, 0.29) is 0 Å². The van der Waals surface area contributed by atoms with Gasteiger partial charge in [0.2, 0.25) is 0 Å². The summed E-state index contributed by atoms with van der Waals surface area (Å²) in [6.45, 7) is 9.13. The zero-order valence-corrected chi connectivity index (χ0v) is 28.1. The van der Waals surface area contributed by atoms with Crippen LogP contribution in [0.4, 0.5) is 0 Å². The summed E-state index contributed by atoms with van der Waals surface area (Å²) in [6.07, 6.45) is 13.2. The van der Waals surface area contributed by atoms with Crippen LogP contribution in [-0.4, -0.2) is 50.1 Å². The predicted octanol–water partition coefficient (Wildman–Crippen LogP) is 9.79. The van der Waals surface area contributed by atoms with Crippen LogP contribution < -0.4 is 9.47 Å². The van der Waals surface area contributed by atoms with Gasteiger partial charge in [0.25, 0.3) is 0 Å². The molecule has 0 aromatic heterocycles. The van der Waals surface area contributed by atoms with Crippen LogP contribution in [0.15, 0.2) is 48.5 Å². The molecule has 0 spiro atoms. The maximum absolute atomic E-state index is 6.38. The predicted molar refractivity (Wildman–Crippen MR) is 167 cm³/mol. The molecule has 1 saturated heterocycles. The van der Waals surface area contributed by atoms with Crippen LogP contribution in [0.25, 0.3) is 3.59 Å². The molecule has 2 aromatic carbocycles. The van der Waals surface area contributed by atoms with Gasteiger partial charge in [0.1, 0.15) is 0 Å². The molecule has 1 atom stereocenters. The van der Waals surface area contributed by atoms with E-state index >= 15 is 0 Å². The van der Waals surface area contributed by atoms with Crippen LogP contribution in [0.2, 0.25) is 18.3 Å². The molecule has 0 amide bonds. The third kappa shape index (κ3) is 8.41. The van der Waals surface area contributed by atoms with Crippen molar-refractivity contribution in [2.24, 2.45) is 0 Å². The first-order valence-corrected chi connectivity index (χ1v) is 22.8. The Balaban J connectivity index is 2.05. The summed E-state index contributed by atoms with van der Waals surface area (Å²) in [6, 6.07) is 15.5. The Morgan fingerprint density at radius 2 is 1.55 bits per heavy atom. The molecule has 5 heteroatoms. The molecule has 1 aliphatic rings. The molecule has 0 N–H and O–H groups in total. The van der Waals surface area contributed by atoms with Gasteiger partial charge >= 0.3 is 243 Å². The fraction of sp³-hybridized carbons (Fsp3) is 0.576. The summed E-state index contributed by atoms with van der Waals surface area (Å²) in [4.78, 5) is 2.68. The van der Waals surface area contributed by atoms with Crippen LogP contribution in [0.5, 0.6) is 11.5 Å². The monoisotopic (exact) mass is 647 g/mol. The molecule has 0 saturated carbocycles. The van der Waals surface area contributed by atoms with Crippen LogP contribution in [0.1, 0.15) is 83.3 Å². The number of hydrogen-bond acceptors (Lipinski definition) is 3. The zero-order valence-electron chi connectivity index (χ0n) is 24.5.